The first-order valence-electron chi connectivity index (χ1n) is 6.23. The second kappa shape index (κ2) is 5.33. The van der Waals surface area contributed by atoms with Gasteiger partial charge in [0.15, 0.2) is 0 Å². The molecule has 0 spiro atoms. The average molecular weight is 309 g/mol. The van der Waals surface area contributed by atoms with Crippen molar-refractivity contribution in [3.05, 3.63) is 46.9 Å². The largest absolute Gasteiger partial charge is 0.396 e. The van der Waals surface area contributed by atoms with Crippen LogP contribution in [0.2, 0.25) is 0 Å². The van der Waals surface area contributed by atoms with Crippen LogP contribution in [0.15, 0.2) is 29.3 Å². The van der Waals surface area contributed by atoms with Gasteiger partial charge >= 0.3 is 0 Å². The van der Waals surface area contributed by atoms with E-state index in [0.717, 1.165) is 11.6 Å². The number of pyridine rings is 1. The molecular weight excluding hydrogens is 293 g/mol. The number of nitrogens with two attached hydrogens (primary N) is 1. The van der Waals surface area contributed by atoms with E-state index in [1.54, 1.807) is 12.1 Å². The molecule has 0 fully saturated rings. The van der Waals surface area contributed by atoms with E-state index in [1.165, 1.54) is 20.0 Å². The number of nitrogen functional groups attached to an aromatic ring is 1. The van der Waals surface area contributed by atoms with Crippen LogP contribution in [-0.4, -0.2) is 13.4 Å². The van der Waals surface area contributed by atoms with Crippen LogP contribution in [-0.2, 0) is 10.0 Å². The van der Waals surface area contributed by atoms with Crippen LogP contribution in [0.5, 0.6) is 0 Å². The van der Waals surface area contributed by atoms with Gasteiger partial charge in [-0.1, -0.05) is 0 Å². The van der Waals surface area contributed by atoms with Crippen molar-refractivity contribution >= 4 is 21.5 Å². The molecule has 2 aromatic rings. The van der Waals surface area contributed by atoms with E-state index in [-0.39, 0.29) is 22.0 Å². The molecule has 0 radical (unpaired) electrons. The van der Waals surface area contributed by atoms with Gasteiger partial charge in [-0.15, -0.1) is 0 Å². The van der Waals surface area contributed by atoms with Crippen molar-refractivity contribution in [1.82, 2.24) is 4.98 Å². The molecule has 2 rings (SSSR count). The summed E-state index contributed by atoms with van der Waals surface area (Å²) in [6, 6.07) is 4.47. The molecule has 0 saturated carbocycles. The van der Waals surface area contributed by atoms with E-state index in [0.29, 0.717) is 5.56 Å². The predicted molar refractivity (Wildman–Crippen MR) is 80.1 cm³/mol. The van der Waals surface area contributed by atoms with Gasteiger partial charge in [0, 0.05) is 6.20 Å². The Labute approximate surface area is 123 Å². The standard InChI is InChI=1S/C14H16FN3O2S/c1-8-4-5-17-12(6-8)18-21(19,20)14-9(2)7-11(15)13(16)10(14)3/h4-7H,16H2,1-3H3,(H,17,18). The minimum atomic E-state index is -3.89. The summed E-state index contributed by atoms with van der Waals surface area (Å²) in [6.45, 7) is 4.82. The maximum atomic E-state index is 13.5. The maximum absolute atomic E-state index is 13.5. The molecule has 3 N–H and O–H groups in total. The van der Waals surface area contributed by atoms with Crippen LogP contribution < -0.4 is 10.5 Å². The van der Waals surface area contributed by atoms with Gasteiger partial charge in [0.1, 0.15) is 11.6 Å². The highest BCUT2D eigenvalue weighted by Crippen LogP contribution is 2.28. The summed E-state index contributed by atoms with van der Waals surface area (Å²) in [6.07, 6.45) is 1.51. The van der Waals surface area contributed by atoms with Crippen molar-refractivity contribution < 1.29 is 12.8 Å². The lowest BCUT2D eigenvalue weighted by Crippen LogP contribution is -2.17. The molecule has 0 amide bonds. The highest BCUT2D eigenvalue weighted by atomic mass is 32.2. The molecule has 0 unspecified atom stereocenters. The van der Waals surface area contributed by atoms with E-state index in [9.17, 15) is 12.8 Å². The normalized spacial score (nSPS) is 11.4. The number of hydrogen-bond acceptors (Lipinski definition) is 4. The SMILES string of the molecule is Cc1ccnc(NS(=O)(=O)c2c(C)cc(F)c(N)c2C)c1. The zero-order chi connectivity index (χ0) is 15.8. The highest BCUT2D eigenvalue weighted by Gasteiger charge is 2.23. The molecule has 7 heteroatoms. The number of anilines is 2. The average Bonchev–Trinajstić information content (AvgIpc) is 2.35. The van der Waals surface area contributed by atoms with E-state index >= 15 is 0 Å². The molecule has 0 bridgehead atoms. The summed E-state index contributed by atoms with van der Waals surface area (Å²) >= 11 is 0. The van der Waals surface area contributed by atoms with Crippen molar-refractivity contribution in [3.63, 3.8) is 0 Å². The number of sulfonamides is 1. The molecule has 0 atom stereocenters. The Morgan fingerprint density at radius 2 is 1.90 bits per heavy atom. The third-order valence-electron chi connectivity index (χ3n) is 3.13. The lowest BCUT2D eigenvalue weighted by atomic mass is 10.1. The quantitative estimate of drug-likeness (QED) is 0.853. The molecule has 0 aliphatic rings. The fraction of sp³-hybridized carbons (Fsp3) is 0.214. The summed E-state index contributed by atoms with van der Waals surface area (Å²) in [5.74, 6) is -0.422. The minimum Gasteiger partial charge on any atom is -0.396 e. The second-order valence-electron chi connectivity index (χ2n) is 4.87. The maximum Gasteiger partial charge on any atom is 0.263 e. The molecule has 0 aliphatic carbocycles. The molecule has 112 valence electrons. The van der Waals surface area contributed by atoms with E-state index < -0.39 is 15.8 Å². The zero-order valence-electron chi connectivity index (χ0n) is 11.9. The Bertz CT molecular complexity index is 804. The topological polar surface area (TPSA) is 85.1 Å². The van der Waals surface area contributed by atoms with Crippen LogP contribution >= 0.6 is 0 Å². The number of nitrogens with zero attached hydrogens (tertiary/aromatic N) is 1. The van der Waals surface area contributed by atoms with Gasteiger partial charge in [0.05, 0.1) is 10.6 Å². The van der Waals surface area contributed by atoms with Crippen molar-refractivity contribution in [1.29, 1.82) is 0 Å². The summed E-state index contributed by atoms with van der Waals surface area (Å²) in [5.41, 5.74) is 6.76. The van der Waals surface area contributed by atoms with Crippen molar-refractivity contribution in [2.45, 2.75) is 25.7 Å². The predicted octanol–water partition coefficient (Wildman–Crippen LogP) is 2.53. The Kier molecular flexibility index (Phi) is 3.87. The van der Waals surface area contributed by atoms with E-state index in [4.69, 9.17) is 5.73 Å². The summed E-state index contributed by atoms with van der Waals surface area (Å²) in [7, 11) is -3.89. The molecule has 1 heterocycles. The second-order valence-corrected chi connectivity index (χ2v) is 6.49. The third kappa shape index (κ3) is 2.97. The van der Waals surface area contributed by atoms with Crippen molar-refractivity contribution in [3.8, 4) is 0 Å². The van der Waals surface area contributed by atoms with Crippen molar-refractivity contribution in [2.75, 3.05) is 10.5 Å². The lowest BCUT2D eigenvalue weighted by Gasteiger charge is -2.14. The van der Waals surface area contributed by atoms with Gasteiger partial charge in [0.2, 0.25) is 0 Å². The Morgan fingerprint density at radius 3 is 2.52 bits per heavy atom. The minimum absolute atomic E-state index is 0.0234. The number of aryl methyl sites for hydroxylation is 2. The summed E-state index contributed by atoms with van der Waals surface area (Å²) in [4.78, 5) is 3.93. The Balaban J connectivity index is 2.53. The Hall–Kier alpha value is -2.15. The number of benzene rings is 1. The van der Waals surface area contributed by atoms with Crippen LogP contribution in [0.25, 0.3) is 0 Å². The highest BCUT2D eigenvalue weighted by molar-refractivity contribution is 7.92. The van der Waals surface area contributed by atoms with Crippen LogP contribution in [0, 0.1) is 26.6 Å². The van der Waals surface area contributed by atoms with Crippen LogP contribution in [0.3, 0.4) is 0 Å². The first-order chi connectivity index (χ1) is 9.72. The van der Waals surface area contributed by atoms with Gasteiger partial charge < -0.3 is 5.73 Å². The third-order valence-corrected chi connectivity index (χ3v) is 4.77. The lowest BCUT2D eigenvalue weighted by molar-refractivity contribution is 0.598. The smallest absolute Gasteiger partial charge is 0.263 e. The number of aromatic nitrogens is 1. The van der Waals surface area contributed by atoms with Crippen molar-refractivity contribution in [2.24, 2.45) is 0 Å². The fourth-order valence-corrected chi connectivity index (χ4v) is 3.61. The van der Waals surface area contributed by atoms with Gasteiger partial charge in [-0.05, 0) is 55.7 Å². The fourth-order valence-electron chi connectivity index (χ4n) is 2.12. The van der Waals surface area contributed by atoms with Crippen LogP contribution in [0.1, 0.15) is 16.7 Å². The number of nitrogens with one attached hydrogen (secondary N) is 1. The first-order valence-corrected chi connectivity index (χ1v) is 7.71. The molecule has 0 saturated heterocycles. The van der Waals surface area contributed by atoms with Gasteiger partial charge in [-0.25, -0.2) is 17.8 Å². The Morgan fingerprint density at radius 1 is 1.24 bits per heavy atom. The molecule has 0 aliphatic heterocycles. The number of halogens is 1. The number of hydrogen-bond donors (Lipinski definition) is 2. The first kappa shape index (κ1) is 15.2. The molecule has 21 heavy (non-hydrogen) atoms. The zero-order valence-corrected chi connectivity index (χ0v) is 12.8. The summed E-state index contributed by atoms with van der Waals surface area (Å²) < 4.78 is 40.9. The summed E-state index contributed by atoms with van der Waals surface area (Å²) in [5, 5.41) is 0. The molecule has 1 aromatic carbocycles. The van der Waals surface area contributed by atoms with Gasteiger partial charge in [0.25, 0.3) is 10.0 Å². The van der Waals surface area contributed by atoms with E-state index in [1.807, 2.05) is 6.92 Å². The number of rotatable bonds is 3. The van der Waals surface area contributed by atoms with Crippen LogP contribution in [0.4, 0.5) is 15.9 Å². The molecule has 5 nitrogen and oxygen atoms in total. The monoisotopic (exact) mass is 309 g/mol. The molecule has 1 aromatic heterocycles. The van der Waals surface area contributed by atoms with Gasteiger partial charge in [-0.2, -0.15) is 0 Å². The van der Waals surface area contributed by atoms with Gasteiger partial charge in [-0.3, -0.25) is 4.72 Å². The molecular formula is C14H16FN3O2S. The van der Waals surface area contributed by atoms with E-state index in [2.05, 4.69) is 9.71 Å².